The second-order valence-electron chi connectivity index (χ2n) is 8.65. The number of nitrogens with one attached hydrogen (secondary N) is 1. The lowest BCUT2D eigenvalue weighted by Crippen LogP contribution is -2.44. The highest BCUT2D eigenvalue weighted by Gasteiger charge is 2.36. The van der Waals surface area contributed by atoms with Gasteiger partial charge >= 0.3 is 12.1 Å². The monoisotopic (exact) mass is 573 g/mol. The molecule has 1 fully saturated rings. The third kappa shape index (κ3) is 7.26. The largest absolute Gasteiger partial charge is 0.462 e. The highest BCUT2D eigenvalue weighted by Crippen LogP contribution is 2.34. The lowest BCUT2D eigenvalue weighted by Gasteiger charge is -2.32. The molecule has 1 aliphatic rings. The zero-order chi connectivity index (χ0) is 28.9. The molecule has 1 aliphatic heterocycles. The summed E-state index contributed by atoms with van der Waals surface area (Å²) in [5.74, 6) is -1.98. The van der Waals surface area contributed by atoms with E-state index in [2.05, 4.69) is 10.3 Å². The van der Waals surface area contributed by atoms with Crippen LogP contribution in [-0.2, 0) is 27.0 Å². The fraction of sp³-hybridized carbons (Fsp3) is 0.214. The van der Waals surface area contributed by atoms with Crippen molar-refractivity contribution in [3.05, 3.63) is 95.3 Å². The molecule has 3 aromatic rings. The first kappa shape index (κ1) is 28.8. The standard InChI is InChI=1S/C28H23F4N3O4S/c1-2-39-26(38)18-8-12-21(13-9-18)33-25(37)23-15-24(36)35(16-17-6-10-20(29)11-7-17)27(40-23)34-22-5-3-4-19(14-22)28(30,31)32/h3-14,23H,2,15-16H2,1H3,(H,33,37). The number of benzene rings is 3. The number of esters is 1. The van der Waals surface area contributed by atoms with Crippen LogP contribution in [0.2, 0.25) is 0 Å². The summed E-state index contributed by atoms with van der Waals surface area (Å²) in [6.07, 6.45) is -4.80. The summed E-state index contributed by atoms with van der Waals surface area (Å²) in [7, 11) is 0. The second-order valence-corrected chi connectivity index (χ2v) is 9.82. The fourth-order valence-electron chi connectivity index (χ4n) is 3.76. The molecule has 1 N–H and O–H groups in total. The molecular weight excluding hydrogens is 550 g/mol. The molecule has 1 unspecified atom stereocenters. The number of amidine groups is 1. The minimum absolute atomic E-state index is 0.0203. The van der Waals surface area contributed by atoms with Gasteiger partial charge < -0.3 is 10.1 Å². The third-order valence-electron chi connectivity index (χ3n) is 5.75. The first-order valence-electron chi connectivity index (χ1n) is 12.1. The van der Waals surface area contributed by atoms with E-state index in [1.165, 1.54) is 65.6 Å². The van der Waals surface area contributed by atoms with Crippen LogP contribution in [0.4, 0.5) is 28.9 Å². The van der Waals surface area contributed by atoms with Crippen molar-refractivity contribution in [1.29, 1.82) is 0 Å². The molecule has 12 heteroatoms. The normalized spacial score (nSPS) is 16.6. The number of aliphatic imine (C=N–C) groups is 1. The van der Waals surface area contributed by atoms with Crippen molar-refractivity contribution in [2.24, 2.45) is 4.99 Å². The highest BCUT2D eigenvalue weighted by atomic mass is 32.2. The fourth-order valence-corrected chi connectivity index (χ4v) is 4.86. The predicted octanol–water partition coefficient (Wildman–Crippen LogP) is 6.18. The number of thioether (sulfide) groups is 1. The number of hydrogen-bond donors (Lipinski definition) is 1. The van der Waals surface area contributed by atoms with E-state index in [0.29, 0.717) is 16.8 Å². The van der Waals surface area contributed by atoms with E-state index in [4.69, 9.17) is 4.74 Å². The molecule has 0 spiro atoms. The Bertz CT molecular complexity index is 1430. The van der Waals surface area contributed by atoms with Gasteiger partial charge in [-0.15, -0.1) is 0 Å². The molecule has 2 amide bonds. The third-order valence-corrected chi connectivity index (χ3v) is 6.94. The molecule has 3 aromatic carbocycles. The van der Waals surface area contributed by atoms with E-state index in [0.717, 1.165) is 23.9 Å². The van der Waals surface area contributed by atoms with Crippen LogP contribution in [0, 0.1) is 5.82 Å². The second kappa shape index (κ2) is 12.3. The van der Waals surface area contributed by atoms with Crippen LogP contribution >= 0.6 is 11.8 Å². The quantitative estimate of drug-likeness (QED) is 0.269. The summed E-state index contributed by atoms with van der Waals surface area (Å²) >= 11 is 0.930. The van der Waals surface area contributed by atoms with Crippen LogP contribution in [0.15, 0.2) is 77.8 Å². The number of halogens is 4. The summed E-state index contributed by atoms with van der Waals surface area (Å²) in [5.41, 5.74) is 0.277. The van der Waals surface area contributed by atoms with E-state index in [9.17, 15) is 31.9 Å². The average molecular weight is 574 g/mol. The maximum Gasteiger partial charge on any atom is 0.416 e. The zero-order valence-corrected chi connectivity index (χ0v) is 21.9. The number of carbonyl (C=O) groups is 3. The van der Waals surface area contributed by atoms with Crippen molar-refractivity contribution < 1.29 is 36.7 Å². The van der Waals surface area contributed by atoms with Gasteiger partial charge in [-0.1, -0.05) is 30.0 Å². The van der Waals surface area contributed by atoms with Gasteiger partial charge in [0, 0.05) is 12.1 Å². The van der Waals surface area contributed by atoms with Crippen molar-refractivity contribution in [2.75, 3.05) is 11.9 Å². The molecule has 1 atom stereocenters. The number of rotatable bonds is 7. The number of ether oxygens (including phenoxy) is 1. The Morgan fingerprint density at radius 2 is 1.77 bits per heavy atom. The van der Waals surface area contributed by atoms with Crippen molar-refractivity contribution in [1.82, 2.24) is 4.90 Å². The number of nitrogens with zero attached hydrogens (tertiary/aromatic N) is 2. The van der Waals surface area contributed by atoms with Crippen molar-refractivity contribution in [3.8, 4) is 0 Å². The molecule has 7 nitrogen and oxygen atoms in total. The van der Waals surface area contributed by atoms with Gasteiger partial charge in [0.15, 0.2) is 5.17 Å². The minimum atomic E-state index is -4.59. The smallest absolute Gasteiger partial charge is 0.416 e. The summed E-state index contributed by atoms with van der Waals surface area (Å²) in [4.78, 5) is 43.7. The van der Waals surface area contributed by atoms with Crippen molar-refractivity contribution >= 4 is 46.1 Å². The Hall–Kier alpha value is -4.19. The van der Waals surface area contributed by atoms with Crippen LogP contribution in [0.3, 0.4) is 0 Å². The Morgan fingerprint density at radius 3 is 2.42 bits per heavy atom. The van der Waals surface area contributed by atoms with E-state index in [1.807, 2.05) is 0 Å². The van der Waals surface area contributed by atoms with Gasteiger partial charge in [-0.05, 0) is 67.1 Å². The molecule has 0 aromatic heterocycles. The maximum absolute atomic E-state index is 13.4. The van der Waals surface area contributed by atoms with Gasteiger partial charge in [-0.2, -0.15) is 13.2 Å². The zero-order valence-electron chi connectivity index (χ0n) is 21.1. The summed E-state index contributed by atoms with van der Waals surface area (Å²) < 4.78 is 58.1. The van der Waals surface area contributed by atoms with Gasteiger partial charge in [0.2, 0.25) is 11.8 Å². The molecule has 0 bridgehead atoms. The van der Waals surface area contributed by atoms with Crippen LogP contribution in [0.1, 0.15) is 34.8 Å². The molecule has 40 heavy (non-hydrogen) atoms. The summed E-state index contributed by atoms with van der Waals surface area (Å²) in [6, 6.07) is 15.7. The molecule has 208 valence electrons. The van der Waals surface area contributed by atoms with Gasteiger partial charge in [0.05, 0.1) is 30.0 Å². The Morgan fingerprint density at radius 1 is 1.07 bits per heavy atom. The Labute approximate surface area is 231 Å². The molecule has 0 aliphatic carbocycles. The van der Waals surface area contributed by atoms with E-state index in [-0.39, 0.29) is 30.4 Å². The van der Waals surface area contributed by atoms with Gasteiger partial charge in [0.25, 0.3) is 0 Å². The van der Waals surface area contributed by atoms with Crippen LogP contribution < -0.4 is 5.32 Å². The Kier molecular flexibility index (Phi) is 8.88. The first-order chi connectivity index (χ1) is 19.0. The molecule has 0 saturated carbocycles. The number of carbonyl (C=O) groups excluding carboxylic acids is 3. The van der Waals surface area contributed by atoms with Crippen LogP contribution in [-0.4, -0.2) is 39.7 Å². The average Bonchev–Trinajstić information content (AvgIpc) is 2.91. The van der Waals surface area contributed by atoms with E-state index >= 15 is 0 Å². The highest BCUT2D eigenvalue weighted by molar-refractivity contribution is 8.15. The van der Waals surface area contributed by atoms with Crippen LogP contribution in [0.5, 0.6) is 0 Å². The number of anilines is 1. The summed E-state index contributed by atoms with van der Waals surface area (Å²) in [5, 5.41) is 1.77. The molecule has 4 rings (SSSR count). The first-order valence-corrected chi connectivity index (χ1v) is 13.0. The topological polar surface area (TPSA) is 88.1 Å². The van der Waals surface area contributed by atoms with Gasteiger partial charge in [-0.3, -0.25) is 14.5 Å². The van der Waals surface area contributed by atoms with Gasteiger partial charge in [0.1, 0.15) is 11.1 Å². The maximum atomic E-state index is 13.4. The van der Waals surface area contributed by atoms with E-state index < -0.39 is 40.6 Å². The molecule has 1 heterocycles. The van der Waals surface area contributed by atoms with E-state index in [1.54, 1.807) is 6.92 Å². The SMILES string of the molecule is CCOC(=O)c1ccc(NC(=O)C2CC(=O)N(Cc3ccc(F)cc3)C(=Nc3cccc(C(F)(F)F)c3)S2)cc1. The lowest BCUT2D eigenvalue weighted by molar-refractivity contribution is -0.137. The van der Waals surface area contributed by atoms with Gasteiger partial charge in [-0.25, -0.2) is 14.2 Å². The van der Waals surface area contributed by atoms with Crippen LogP contribution in [0.25, 0.3) is 0 Å². The van der Waals surface area contributed by atoms with Crippen molar-refractivity contribution in [3.63, 3.8) is 0 Å². The van der Waals surface area contributed by atoms with Crippen molar-refractivity contribution in [2.45, 2.75) is 31.3 Å². The number of amides is 2. The lowest BCUT2D eigenvalue weighted by atomic mass is 10.1. The number of hydrogen-bond acceptors (Lipinski definition) is 6. The molecular formula is C28H23F4N3O4S. The Balaban J connectivity index is 1.58. The molecule has 1 saturated heterocycles. The molecule has 0 radical (unpaired) electrons. The minimum Gasteiger partial charge on any atom is -0.462 e. The predicted molar refractivity (Wildman–Crippen MR) is 143 cm³/mol. The number of alkyl halides is 3. The summed E-state index contributed by atoms with van der Waals surface area (Å²) in [6.45, 7) is 1.88.